The van der Waals surface area contributed by atoms with Gasteiger partial charge in [0.05, 0.1) is 5.75 Å². The molecule has 1 rings (SSSR count). The third kappa shape index (κ3) is 4.22. The van der Waals surface area contributed by atoms with Crippen molar-refractivity contribution in [3.8, 4) is 0 Å². The van der Waals surface area contributed by atoms with Crippen molar-refractivity contribution in [3.63, 3.8) is 0 Å². The normalized spacial score (nSPS) is 12.6. The van der Waals surface area contributed by atoms with Gasteiger partial charge in [0, 0.05) is 12.2 Å². The van der Waals surface area contributed by atoms with Gasteiger partial charge in [0.25, 0.3) is 0 Å². The van der Waals surface area contributed by atoms with Crippen LogP contribution < -0.4 is 15.6 Å². The van der Waals surface area contributed by atoms with E-state index in [0.29, 0.717) is 0 Å². The molecule has 102 valence electrons. The third-order valence-electron chi connectivity index (χ3n) is 1.92. The van der Waals surface area contributed by atoms with Crippen molar-refractivity contribution in [2.75, 3.05) is 18.0 Å². The molecular weight excluding hydrogens is 285 g/mol. The topological polar surface area (TPSA) is 132 Å². The molecule has 0 aliphatic heterocycles. The summed E-state index contributed by atoms with van der Waals surface area (Å²) in [7, 11) is -7.95. The average molecular weight is 297 g/mol. The Morgan fingerprint density at radius 2 is 1.83 bits per heavy atom. The molecular formula is C8H12FN3O4S2. The maximum atomic E-state index is 13.3. The van der Waals surface area contributed by atoms with Crippen LogP contribution in [-0.2, 0) is 20.0 Å². The largest absolute Gasteiger partial charge is 0.399 e. The number of nitrogens with two attached hydrogens (primary N) is 2. The van der Waals surface area contributed by atoms with Crippen LogP contribution in [0.4, 0.5) is 10.1 Å². The summed E-state index contributed by atoms with van der Waals surface area (Å²) in [5, 5.41) is 4.70. The van der Waals surface area contributed by atoms with Crippen molar-refractivity contribution in [3.05, 3.63) is 24.0 Å². The lowest BCUT2D eigenvalue weighted by atomic mass is 10.3. The second kappa shape index (κ2) is 5.18. The van der Waals surface area contributed by atoms with E-state index in [1.54, 1.807) is 0 Å². The summed E-state index contributed by atoms with van der Waals surface area (Å²) in [6, 6.07) is 3.05. The first kappa shape index (κ1) is 14.8. The molecule has 0 fully saturated rings. The zero-order chi connectivity index (χ0) is 14.0. The van der Waals surface area contributed by atoms with Crippen LogP contribution in [0.15, 0.2) is 23.1 Å². The van der Waals surface area contributed by atoms with Crippen molar-refractivity contribution in [2.45, 2.75) is 4.90 Å². The summed E-state index contributed by atoms with van der Waals surface area (Å²) in [5.41, 5.74) is 5.42. The molecule has 0 bridgehead atoms. The Morgan fingerprint density at radius 1 is 1.22 bits per heavy atom. The van der Waals surface area contributed by atoms with Gasteiger partial charge >= 0.3 is 0 Å². The summed E-state index contributed by atoms with van der Waals surface area (Å²) in [5.74, 6) is -1.57. The van der Waals surface area contributed by atoms with Gasteiger partial charge in [0.15, 0.2) is 0 Å². The van der Waals surface area contributed by atoms with Crippen LogP contribution in [0.2, 0.25) is 0 Å². The molecule has 0 saturated carbocycles. The summed E-state index contributed by atoms with van der Waals surface area (Å²) >= 11 is 0. The lowest BCUT2D eigenvalue weighted by molar-refractivity contribution is 0.558. The number of primary sulfonamides is 1. The molecule has 0 aromatic heterocycles. The van der Waals surface area contributed by atoms with Gasteiger partial charge in [0.2, 0.25) is 20.0 Å². The number of hydrogen-bond acceptors (Lipinski definition) is 5. The lowest BCUT2D eigenvalue weighted by Crippen LogP contribution is -2.32. The van der Waals surface area contributed by atoms with Gasteiger partial charge in [-0.3, -0.25) is 0 Å². The second-order valence-corrected chi connectivity index (χ2v) is 6.92. The number of halogens is 1. The first-order chi connectivity index (χ1) is 8.12. The molecule has 1 aromatic rings. The highest BCUT2D eigenvalue weighted by molar-refractivity contribution is 7.90. The van der Waals surface area contributed by atoms with Crippen LogP contribution in [0, 0.1) is 5.82 Å². The van der Waals surface area contributed by atoms with E-state index >= 15 is 0 Å². The summed E-state index contributed by atoms with van der Waals surface area (Å²) in [6.07, 6.45) is 0. The van der Waals surface area contributed by atoms with Gasteiger partial charge in [-0.1, -0.05) is 0 Å². The van der Waals surface area contributed by atoms with Crippen molar-refractivity contribution in [1.29, 1.82) is 0 Å². The number of nitrogens with one attached hydrogen (secondary N) is 1. The van der Waals surface area contributed by atoms with E-state index in [9.17, 15) is 21.2 Å². The van der Waals surface area contributed by atoms with Gasteiger partial charge < -0.3 is 5.73 Å². The molecule has 10 heteroatoms. The average Bonchev–Trinajstić information content (AvgIpc) is 2.19. The van der Waals surface area contributed by atoms with Crippen LogP contribution in [0.25, 0.3) is 0 Å². The van der Waals surface area contributed by atoms with Crippen LogP contribution in [0.3, 0.4) is 0 Å². The number of rotatable bonds is 5. The number of hydrogen-bond donors (Lipinski definition) is 3. The quantitative estimate of drug-likeness (QED) is 0.598. The minimum Gasteiger partial charge on any atom is -0.399 e. The third-order valence-corrected chi connectivity index (χ3v) is 4.17. The number of sulfonamides is 2. The summed E-state index contributed by atoms with van der Waals surface area (Å²) < 4.78 is 59.8. The van der Waals surface area contributed by atoms with E-state index < -0.39 is 43.1 Å². The van der Waals surface area contributed by atoms with E-state index in [4.69, 9.17) is 10.9 Å². The zero-order valence-electron chi connectivity index (χ0n) is 9.13. The van der Waals surface area contributed by atoms with E-state index in [0.717, 1.165) is 12.1 Å². The molecule has 0 amide bonds. The summed E-state index contributed by atoms with van der Waals surface area (Å²) in [4.78, 5) is -0.642. The molecule has 0 heterocycles. The minimum absolute atomic E-state index is 0.0724. The molecule has 7 nitrogen and oxygen atoms in total. The van der Waals surface area contributed by atoms with Crippen LogP contribution in [0.5, 0.6) is 0 Å². The monoisotopic (exact) mass is 297 g/mol. The molecule has 5 N–H and O–H groups in total. The lowest BCUT2D eigenvalue weighted by Gasteiger charge is -2.07. The van der Waals surface area contributed by atoms with Gasteiger partial charge in [-0.2, -0.15) is 0 Å². The molecule has 1 aromatic carbocycles. The number of nitrogen functional groups attached to an aromatic ring is 1. The van der Waals surface area contributed by atoms with Crippen molar-refractivity contribution in [2.24, 2.45) is 5.14 Å². The first-order valence-electron chi connectivity index (χ1n) is 4.67. The predicted molar refractivity (Wildman–Crippen MR) is 64.0 cm³/mol. The van der Waals surface area contributed by atoms with Gasteiger partial charge in [-0.25, -0.2) is 31.1 Å². The summed E-state index contributed by atoms with van der Waals surface area (Å²) in [6.45, 7) is -0.449. The molecule has 18 heavy (non-hydrogen) atoms. The fraction of sp³-hybridized carbons (Fsp3) is 0.250. The van der Waals surface area contributed by atoms with Crippen LogP contribution in [0.1, 0.15) is 0 Å². The van der Waals surface area contributed by atoms with Gasteiger partial charge in [0.1, 0.15) is 10.7 Å². The van der Waals surface area contributed by atoms with E-state index in [1.165, 1.54) is 6.07 Å². The fourth-order valence-corrected chi connectivity index (χ4v) is 2.78. The van der Waals surface area contributed by atoms with Crippen molar-refractivity contribution >= 4 is 25.7 Å². The minimum atomic E-state index is -4.16. The van der Waals surface area contributed by atoms with Gasteiger partial charge in [-0.05, 0) is 18.2 Å². The van der Waals surface area contributed by atoms with Crippen molar-refractivity contribution < 1.29 is 21.2 Å². The molecule has 0 unspecified atom stereocenters. The van der Waals surface area contributed by atoms with Gasteiger partial charge in [-0.15, -0.1) is 0 Å². The van der Waals surface area contributed by atoms with E-state index in [-0.39, 0.29) is 5.69 Å². The van der Waals surface area contributed by atoms with E-state index in [1.807, 2.05) is 4.72 Å². The maximum absolute atomic E-state index is 13.3. The Bertz CT molecular complexity index is 642. The van der Waals surface area contributed by atoms with Crippen LogP contribution in [-0.4, -0.2) is 29.1 Å². The Hall–Kier alpha value is -1.23. The number of anilines is 1. The Morgan fingerprint density at radius 3 is 2.39 bits per heavy atom. The molecule has 0 radical (unpaired) electrons. The Kier molecular flexibility index (Phi) is 4.27. The smallest absolute Gasteiger partial charge is 0.243 e. The molecule has 0 spiro atoms. The highest BCUT2D eigenvalue weighted by atomic mass is 32.2. The van der Waals surface area contributed by atoms with E-state index in [2.05, 4.69) is 0 Å². The molecule has 0 aliphatic carbocycles. The molecule has 0 saturated heterocycles. The number of benzene rings is 1. The SMILES string of the molecule is Nc1ccc(F)c(S(=O)(=O)NCCS(N)(=O)=O)c1. The zero-order valence-corrected chi connectivity index (χ0v) is 10.8. The highest BCUT2D eigenvalue weighted by Crippen LogP contribution is 2.17. The maximum Gasteiger partial charge on any atom is 0.243 e. The first-order valence-corrected chi connectivity index (χ1v) is 7.87. The fourth-order valence-electron chi connectivity index (χ4n) is 1.12. The predicted octanol–water partition coefficient (Wildman–Crippen LogP) is -1.03. The van der Waals surface area contributed by atoms with Crippen LogP contribution >= 0.6 is 0 Å². The standard InChI is InChI=1S/C8H12FN3O4S2/c9-7-2-1-6(10)5-8(7)18(15,16)12-3-4-17(11,13)14/h1-2,5,12H,3-4,10H2,(H2,11,13,14). The Labute approximate surface area is 104 Å². The second-order valence-electron chi connectivity index (χ2n) is 3.45. The molecule has 0 atom stereocenters. The Balaban J connectivity index is 2.90. The molecule has 0 aliphatic rings. The van der Waals surface area contributed by atoms with Crippen molar-refractivity contribution in [1.82, 2.24) is 4.72 Å². The highest BCUT2D eigenvalue weighted by Gasteiger charge is 2.19.